The Hall–Kier alpha value is -0.280. The minimum atomic E-state index is 0. The summed E-state index contributed by atoms with van der Waals surface area (Å²) in [6.45, 7) is 4.38. The fraction of sp³-hybridized carbons (Fsp3) is 0.929. The Morgan fingerprint density at radius 2 is 1.89 bits per heavy atom. The summed E-state index contributed by atoms with van der Waals surface area (Å²) < 4.78 is 0. The summed E-state index contributed by atoms with van der Waals surface area (Å²) in [6, 6.07) is 0.458. The molecular weight excluding hydrogens is 248 g/mol. The number of carbonyl (C=O) groups excluding carboxylic acids is 1. The number of amides is 1. The normalized spacial score (nSPS) is 31.7. The van der Waals surface area contributed by atoms with E-state index >= 15 is 0 Å². The van der Waals surface area contributed by atoms with Crippen LogP contribution in [0, 0.1) is 11.8 Å². The molecule has 0 spiro atoms. The van der Waals surface area contributed by atoms with Gasteiger partial charge in [-0.05, 0) is 57.0 Å². The topological polar surface area (TPSA) is 41.1 Å². The Morgan fingerprint density at radius 1 is 1.17 bits per heavy atom. The van der Waals surface area contributed by atoms with Crippen LogP contribution in [-0.4, -0.2) is 25.0 Å². The molecule has 1 amide bonds. The zero-order valence-electron chi connectivity index (χ0n) is 11.4. The van der Waals surface area contributed by atoms with E-state index in [0.29, 0.717) is 12.0 Å². The van der Waals surface area contributed by atoms with E-state index in [2.05, 4.69) is 17.6 Å². The minimum absolute atomic E-state index is 0. The number of hydrogen-bond donors (Lipinski definition) is 2. The van der Waals surface area contributed by atoms with Crippen molar-refractivity contribution in [2.24, 2.45) is 11.8 Å². The van der Waals surface area contributed by atoms with Crippen molar-refractivity contribution in [1.29, 1.82) is 0 Å². The largest absolute Gasteiger partial charge is 0.353 e. The van der Waals surface area contributed by atoms with Crippen molar-refractivity contribution in [3.05, 3.63) is 0 Å². The molecular formula is C14H27ClN2O. The van der Waals surface area contributed by atoms with Crippen molar-refractivity contribution in [2.75, 3.05) is 13.1 Å². The molecule has 4 heteroatoms. The Balaban J connectivity index is 0.00000162. The van der Waals surface area contributed by atoms with Crippen LogP contribution in [0.1, 0.15) is 51.9 Å². The highest BCUT2D eigenvalue weighted by Crippen LogP contribution is 2.26. The maximum absolute atomic E-state index is 11.9. The van der Waals surface area contributed by atoms with Gasteiger partial charge in [0.05, 0.1) is 0 Å². The van der Waals surface area contributed by atoms with Crippen LogP contribution < -0.4 is 10.6 Å². The first-order valence-electron chi connectivity index (χ1n) is 7.28. The number of rotatable bonds is 4. The summed E-state index contributed by atoms with van der Waals surface area (Å²) in [6.07, 6.45) is 8.16. The molecule has 1 saturated heterocycles. The van der Waals surface area contributed by atoms with Gasteiger partial charge in [0.15, 0.2) is 0 Å². The maximum atomic E-state index is 11.9. The van der Waals surface area contributed by atoms with Crippen molar-refractivity contribution in [3.63, 3.8) is 0 Å². The lowest BCUT2D eigenvalue weighted by molar-refractivity contribution is -0.122. The summed E-state index contributed by atoms with van der Waals surface area (Å²) in [5.74, 6) is 1.75. The van der Waals surface area contributed by atoms with Gasteiger partial charge < -0.3 is 10.6 Å². The Labute approximate surface area is 117 Å². The molecule has 1 unspecified atom stereocenters. The molecule has 0 aromatic heterocycles. The van der Waals surface area contributed by atoms with Crippen molar-refractivity contribution in [1.82, 2.24) is 10.6 Å². The highest BCUT2D eigenvalue weighted by Gasteiger charge is 2.23. The minimum Gasteiger partial charge on any atom is -0.353 e. The molecule has 3 nitrogen and oxygen atoms in total. The molecule has 2 fully saturated rings. The molecule has 18 heavy (non-hydrogen) atoms. The van der Waals surface area contributed by atoms with E-state index < -0.39 is 0 Å². The van der Waals surface area contributed by atoms with Crippen LogP contribution in [0.25, 0.3) is 0 Å². The molecule has 1 atom stereocenters. The van der Waals surface area contributed by atoms with E-state index in [-0.39, 0.29) is 18.3 Å². The lowest BCUT2D eigenvalue weighted by atomic mass is 9.84. The first-order valence-corrected chi connectivity index (χ1v) is 7.28. The quantitative estimate of drug-likeness (QED) is 0.827. The second-order valence-corrected chi connectivity index (χ2v) is 5.76. The third-order valence-electron chi connectivity index (χ3n) is 4.43. The van der Waals surface area contributed by atoms with Crippen molar-refractivity contribution < 1.29 is 4.79 Å². The fourth-order valence-corrected chi connectivity index (χ4v) is 3.15. The molecule has 0 aromatic carbocycles. The van der Waals surface area contributed by atoms with Crippen molar-refractivity contribution in [2.45, 2.75) is 57.9 Å². The highest BCUT2D eigenvalue weighted by molar-refractivity contribution is 5.85. The van der Waals surface area contributed by atoms with Gasteiger partial charge in [0.25, 0.3) is 0 Å². The van der Waals surface area contributed by atoms with Crippen LogP contribution in [-0.2, 0) is 4.79 Å². The molecule has 0 bridgehead atoms. The van der Waals surface area contributed by atoms with Crippen LogP contribution in [0.4, 0.5) is 0 Å². The SMILES string of the molecule is CCC1CCC(NC(=O)CC2CCNC2)CC1.Cl. The monoisotopic (exact) mass is 274 g/mol. The predicted octanol–water partition coefficient (Wildman–Crippen LogP) is 2.49. The molecule has 106 valence electrons. The van der Waals surface area contributed by atoms with Gasteiger partial charge in [-0.3, -0.25) is 4.79 Å². The molecule has 2 rings (SSSR count). The number of hydrogen-bond acceptors (Lipinski definition) is 2. The molecule has 2 N–H and O–H groups in total. The van der Waals surface area contributed by atoms with E-state index in [0.717, 1.165) is 31.8 Å². The lowest BCUT2D eigenvalue weighted by Crippen LogP contribution is -2.38. The third kappa shape index (κ3) is 4.77. The lowest BCUT2D eigenvalue weighted by Gasteiger charge is -2.28. The molecule has 0 aromatic rings. The van der Waals surface area contributed by atoms with Gasteiger partial charge in [-0.1, -0.05) is 13.3 Å². The molecule has 1 saturated carbocycles. The van der Waals surface area contributed by atoms with Crippen LogP contribution in [0.3, 0.4) is 0 Å². The average molecular weight is 275 g/mol. The van der Waals surface area contributed by atoms with Gasteiger partial charge in [0.1, 0.15) is 0 Å². The molecule has 1 heterocycles. The molecule has 2 aliphatic rings. The van der Waals surface area contributed by atoms with Crippen LogP contribution in [0.15, 0.2) is 0 Å². The van der Waals surface area contributed by atoms with Gasteiger partial charge in [-0.25, -0.2) is 0 Å². The van der Waals surface area contributed by atoms with Crippen LogP contribution in [0.2, 0.25) is 0 Å². The smallest absolute Gasteiger partial charge is 0.220 e. The zero-order valence-corrected chi connectivity index (χ0v) is 12.2. The van der Waals surface area contributed by atoms with Gasteiger partial charge in [-0.2, -0.15) is 0 Å². The zero-order chi connectivity index (χ0) is 12.1. The highest BCUT2D eigenvalue weighted by atomic mass is 35.5. The van der Waals surface area contributed by atoms with Gasteiger partial charge in [0, 0.05) is 12.5 Å². The van der Waals surface area contributed by atoms with E-state index in [4.69, 9.17) is 0 Å². The Bertz CT molecular complexity index is 246. The summed E-state index contributed by atoms with van der Waals surface area (Å²) in [7, 11) is 0. The Morgan fingerprint density at radius 3 is 2.44 bits per heavy atom. The Kier molecular flexibility index (Phi) is 7.02. The van der Waals surface area contributed by atoms with Crippen molar-refractivity contribution in [3.8, 4) is 0 Å². The summed E-state index contributed by atoms with van der Waals surface area (Å²) in [4.78, 5) is 11.9. The number of nitrogens with one attached hydrogen (secondary N) is 2. The first kappa shape index (κ1) is 15.8. The van der Waals surface area contributed by atoms with Crippen LogP contribution >= 0.6 is 12.4 Å². The number of carbonyl (C=O) groups is 1. The fourth-order valence-electron chi connectivity index (χ4n) is 3.15. The first-order chi connectivity index (χ1) is 8.28. The van der Waals surface area contributed by atoms with Crippen LogP contribution in [0.5, 0.6) is 0 Å². The molecule has 1 aliphatic carbocycles. The number of halogens is 1. The van der Waals surface area contributed by atoms with Gasteiger partial charge in [-0.15, -0.1) is 12.4 Å². The summed E-state index contributed by atoms with van der Waals surface area (Å²) in [5, 5.41) is 6.54. The summed E-state index contributed by atoms with van der Waals surface area (Å²) in [5.41, 5.74) is 0. The van der Waals surface area contributed by atoms with E-state index in [9.17, 15) is 4.79 Å². The summed E-state index contributed by atoms with van der Waals surface area (Å²) >= 11 is 0. The molecule has 1 aliphatic heterocycles. The maximum Gasteiger partial charge on any atom is 0.220 e. The standard InChI is InChI=1S/C14H26N2O.ClH/c1-2-11-3-5-13(6-4-11)16-14(17)9-12-7-8-15-10-12;/h11-13,15H,2-10H2,1H3,(H,16,17);1H. The third-order valence-corrected chi connectivity index (χ3v) is 4.43. The predicted molar refractivity (Wildman–Crippen MR) is 77.0 cm³/mol. The second kappa shape index (κ2) is 8.00. The second-order valence-electron chi connectivity index (χ2n) is 5.76. The van der Waals surface area contributed by atoms with Crippen molar-refractivity contribution >= 4 is 18.3 Å². The molecule has 0 radical (unpaired) electrons. The van der Waals surface area contributed by atoms with E-state index in [1.54, 1.807) is 0 Å². The van der Waals surface area contributed by atoms with E-state index in [1.807, 2.05) is 0 Å². The average Bonchev–Trinajstić information content (AvgIpc) is 2.82. The van der Waals surface area contributed by atoms with Gasteiger partial charge >= 0.3 is 0 Å². The van der Waals surface area contributed by atoms with E-state index in [1.165, 1.54) is 32.1 Å². The van der Waals surface area contributed by atoms with Gasteiger partial charge in [0.2, 0.25) is 5.91 Å².